The van der Waals surface area contributed by atoms with Gasteiger partial charge in [-0.15, -0.1) is 0 Å². The van der Waals surface area contributed by atoms with Crippen LogP contribution in [0.2, 0.25) is 0 Å². The third-order valence-corrected chi connectivity index (χ3v) is 6.93. The zero-order valence-corrected chi connectivity index (χ0v) is 16.2. The summed E-state index contributed by atoms with van der Waals surface area (Å²) in [7, 11) is 1.82. The molecule has 6 heteroatoms. The smallest absolute Gasteiger partial charge is 0.267 e. The predicted octanol–water partition coefficient (Wildman–Crippen LogP) is 2.18. The summed E-state index contributed by atoms with van der Waals surface area (Å²) >= 11 is 0. The fraction of sp³-hybridized carbons (Fsp3) is 0.714. The number of aromatic nitrogens is 1. The molecule has 1 aliphatic carbocycles. The van der Waals surface area contributed by atoms with Crippen LogP contribution in [0.4, 0.5) is 0 Å². The Labute approximate surface area is 161 Å². The lowest BCUT2D eigenvalue weighted by Gasteiger charge is -2.56. The number of nitrogens with zero attached hydrogens (tertiary/aromatic N) is 2. The van der Waals surface area contributed by atoms with E-state index in [1.807, 2.05) is 19.2 Å². The van der Waals surface area contributed by atoms with E-state index < -0.39 is 5.91 Å². The summed E-state index contributed by atoms with van der Waals surface area (Å²) in [6, 6.07) is 3.86. The van der Waals surface area contributed by atoms with Crippen LogP contribution in [0.25, 0.3) is 0 Å². The van der Waals surface area contributed by atoms with Crippen molar-refractivity contribution in [1.29, 1.82) is 0 Å². The molecular weight excluding hydrogens is 342 g/mol. The number of carbonyl (C=O) groups is 1. The molecule has 2 bridgehead atoms. The number of pyridine rings is 1. The van der Waals surface area contributed by atoms with Crippen molar-refractivity contribution in [3.63, 3.8) is 0 Å². The van der Waals surface area contributed by atoms with Gasteiger partial charge in [-0.1, -0.05) is 6.42 Å². The van der Waals surface area contributed by atoms with Gasteiger partial charge in [0.1, 0.15) is 11.3 Å². The molecule has 4 rings (SSSR count). The quantitative estimate of drug-likeness (QED) is 0.856. The van der Waals surface area contributed by atoms with Gasteiger partial charge in [0.05, 0.1) is 0 Å². The molecule has 0 radical (unpaired) electrons. The van der Waals surface area contributed by atoms with E-state index >= 15 is 0 Å². The van der Waals surface area contributed by atoms with E-state index in [1.165, 1.54) is 25.8 Å². The Morgan fingerprint density at radius 3 is 2.63 bits per heavy atom. The Kier molecular flexibility index (Phi) is 5.48. The van der Waals surface area contributed by atoms with E-state index in [0.29, 0.717) is 17.5 Å². The number of amides is 1. The number of hydrogen-bond donors (Lipinski definition) is 1. The van der Waals surface area contributed by atoms with E-state index in [-0.39, 0.29) is 5.60 Å². The molecule has 27 heavy (non-hydrogen) atoms. The first kappa shape index (κ1) is 18.8. The Morgan fingerprint density at radius 2 is 2.00 bits per heavy atom. The van der Waals surface area contributed by atoms with E-state index in [2.05, 4.69) is 9.88 Å². The highest BCUT2D eigenvalue weighted by Crippen LogP contribution is 2.51. The Bertz CT molecular complexity index is 660. The highest BCUT2D eigenvalue weighted by Gasteiger charge is 2.53. The lowest BCUT2D eigenvalue weighted by atomic mass is 9.62. The number of carbonyl (C=O) groups excluding carboxylic acids is 1. The molecule has 2 unspecified atom stereocenters. The number of nitrogens with two attached hydrogens (primary N) is 1. The minimum absolute atomic E-state index is 0.326. The number of rotatable bonds is 5. The van der Waals surface area contributed by atoms with Crippen LogP contribution < -0.4 is 5.73 Å². The molecule has 0 aromatic carbocycles. The van der Waals surface area contributed by atoms with E-state index in [9.17, 15) is 4.79 Å². The van der Waals surface area contributed by atoms with Gasteiger partial charge in [0.2, 0.25) is 0 Å². The standard InChI is InChI=1S/C21H31N3O3/c1-26-21(16-5-8-23-19(11-16)20(22)25)17-3-2-4-18(21)14-24(13-17)12-15-6-9-27-10-7-15/h5,8,11,15,17-18H,2-4,6-7,9-10,12-14H2,1H3,(H2,22,25). The summed E-state index contributed by atoms with van der Waals surface area (Å²) < 4.78 is 11.8. The van der Waals surface area contributed by atoms with Gasteiger partial charge >= 0.3 is 0 Å². The minimum atomic E-state index is -0.481. The maximum atomic E-state index is 11.6. The summed E-state index contributed by atoms with van der Waals surface area (Å²) in [5.41, 5.74) is 6.53. The SMILES string of the molecule is COC1(c2ccnc(C(N)=O)c2)C2CCCC1CN(CC1CCOCC1)C2. The molecule has 3 fully saturated rings. The molecule has 0 spiro atoms. The van der Waals surface area contributed by atoms with E-state index in [1.54, 1.807) is 6.20 Å². The first-order chi connectivity index (χ1) is 13.1. The van der Waals surface area contributed by atoms with Crippen molar-refractivity contribution in [1.82, 2.24) is 9.88 Å². The Balaban J connectivity index is 1.58. The second-order valence-electron chi connectivity index (χ2n) is 8.39. The average Bonchev–Trinajstić information content (AvgIpc) is 2.68. The second kappa shape index (κ2) is 7.86. The summed E-state index contributed by atoms with van der Waals surface area (Å²) in [5, 5.41) is 0. The molecule has 2 saturated heterocycles. The third kappa shape index (κ3) is 3.50. The lowest BCUT2D eigenvalue weighted by molar-refractivity contribution is -0.171. The van der Waals surface area contributed by atoms with Gasteiger partial charge in [-0.25, -0.2) is 0 Å². The molecule has 148 valence electrons. The number of fused-ring (bicyclic) bond motifs is 2. The van der Waals surface area contributed by atoms with Crippen molar-refractivity contribution < 1.29 is 14.3 Å². The largest absolute Gasteiger partial charge is 0.381 e. The van der Waals surface area contributed by atoms with Crippen molar-refractivity contribution in [3.8, 4) is 0 Å². The van der Waals surface area contributed by atoms with Crippen molar-refractivity contribution in [2.24, 2.45) is 23.5 Å². The molecule has 1 saturated carbocycles. The molecule has 1 amide bonds. The van der Waals surface area contributed by atoms with Gasteiger partial charge in [-0.2, -0.15) is 0 Å². The summed E-state index contributed by atoms with van der Waals surface area (Å²) in [4.78, 5) is 18.4. The van der Waals surface area contributed by atoms with Gasteiger partial charge in [0, 0.05) is 58.0 Å². The average molecular weight is 373 g/mol. The van der Waals surface area contributed by atoms with Crippen molar-refractivity contribution in [2.75, 3.05) is 40.0 Å². The molecule has 1 aromatic heterocycles. The molecule has 2 N–H and O–H groups in total. The van der Waals surface area contributed by atoms with Gasteiger partial charge in [0.25, 0.3) is 5.91 Å². The minimum Gasteiger partial charge on any atom is -0.381 e. The molecular formula is C21H31N3O3. The Hall–Kier alpha value is -1.50. The van der Waals surface area contributed by atoms with Gasteiger partial charge in [-0.3, -0.25) is 9.78 Å². The van der Waals surface area contributed by atoms with Crippen LogP contribution in [0, 0.1) is 17.8 Å². The van der Waals surface area contributed by atoms with Crippen LogP contribution in [0.3, 0.4) is 0 Å². The molecule has 6 nitrogen and oxygen atoms in total. The van der Waals surface area contributed by atoms with Crippen LogP contribution in [-0.2, 0) is 15.1 Å². The predicted molar refractivity (Wildman–Crippen MR) is 102 cm³/mol. The van der Waals surface area contributed by atoms with Crippen LogP contribution >= 0.6 is 0 Å². The number of likely N-dealkylation sites (tertiary alicyclic amines) is 1. The van der Waals surface area contributed by atoms with Gasteiger partial charge < -0.3 is 20.1 Å². The van der Waals surface area contributed by atoms with Gasteiger partial charge in [0.15, 0.2) is 0 Å². The maximum absolute atomic E-state index is 11.6. The highest BCUT2D eigenvalue weighted by molar-refractivity contribution is 5.90. The molecule has 1 aromatic rings. The molecule has 3 heterocycles. The summed E-state index contributed by atoms with van der Waals surface area (Å²) in [6.07, 6.45) is 7.60. The van der Waals surface area contributed by atoms with Crippen LogP contribution in [0.1, 0.15) is 48.2 Å². The van der Waals surface area contributed by atoms with Crippen LogP contribution in [0.5, 0.6) is 0 Å². The van der Waals surface area contributed by atoms with E-state index in [0.717, 1.165) is 50.6 Å². The van der Waals surface area contributed by atoms with Crippen molar-refractivity contribution in [2.45, 2.75) is 37.7 Å². The number of primary amides is 1. The number of piperidine rings is 1. The van der Waals surface area contributed by atoms with Crippen molar-refractivity contribution in [3.05, 3.63) is 29.6 Å². The van der Waals surface area contributed by atoms with Gasteiger partial charge in [-0.05, 0) is 49.3 Å². The molecule has 3 aliphatic rings. The van der Waals surface area contributed by atoms with Crippen LogP contribution in [0.15, 0.2) is 18.3 Å². The first-order valence-corrected chi connectivity index (χ1v) is 10.2. The lowest BCUT2D eigenvalue weighted by Crippen LogP contribution is -2.59. The topological polar surface area (TPSA) is 77.7 Å². The fourth-order valence-electron chi connectivity index (χ4n) is 5.70. The first-order valence-electron chi connectivity index (χ1n) is 10.2. The summed E-state index contributed by atoms with van der Waals surface area (Å²) in [5.74, 6) is 1.12. The highest BCUT2D eigenvalue weighted by atomic mass is 16.5. The Morgan fingerprint density at radius 1 is 1.30 bits per heavy atom. The second-order valence-corrected chi connectivity index (χ2v) is 8.39. The zero-order valence-electron chi connectivity index (χ0n) is 16.2. The third-order valence-electron chi connectivity index (χ3n) is 6.93. The number of methoxy groups -OCH3 is 1. The van der Waals surface area contributed by atoms with Crippen molar-refractivity contribution >= 4 is 5.91 Å². The number of hydrogen-bond acceptors (Lipinski definition) is 5. The van der Waals surface area contributed by atoms with E-state index in [4.69, 9.17) is 15.2 Å². The molecule has 2 aliphatic heterocycles. The van der Waals surface area contributed by atoms with Crippen LogP contribution in [-0.4, -0.2) is 55.7 Å². The molecule has 2 atom stereocenters. The summed E-state index contributed by atoms with van der Waals surface area (Å²) in [6.45, 7) is 5.07. The maximum Gasteiger partial charge on any atom is 0.267 e. The number of ether oxygens (including phenoxy) is 2. The fourth-order valence-corrected chi connectivity index (χ4v) is 5.70. The normalized spacial score (nSPS) is 32.3. The monoisotopic (exact) mass is 373 g/mol. The zero-order chi connectivity index (χ0) is 18.9.